The molecule has 0 aromatic heterocycles. The van der Waals surface area contributed by atoms with Crippen molar-refractivity contribution in [3.8, 4) is 0 Å². The quantitative estimate of drug-likeness (QED) is 0.786. The third-order valence-electron chi connectivity index (χ3n) is 4.79. The maximum Gasteiger partial charge on any atom is 0.228 e. The normalized spacial score (nSPS) is 25.4. The third kappa shape index (κ3) is 3.64. The van der Waals surface area contributed by atoms with Crippen molar-refractivity contribution in [2.24, 2.45) is 5.92 Å². The summed E-state index contributed by atoms with van der Waals surface area (Å²) in [6.07, 6.45) is 0.458. The molecule has 25 heavy (non-hydrogen) atoms. The minimum Gasteiger partial charge on any atom is -0.341 e. The van der Waals surface area contributed by atoms with Crippen LogP contribution in [0.5, 0.6) is 0 Å². The van der Waals surface area contributed by atoms with Crippen molar-refractivity contribution in [2.75, 3.05) is 30.0 Å². The zero-order valence-electron chi connectivity index (χ0n) is 13.6. The highest BCUT2D eigenvalue weighted by molar-refractivity contribution is 7.91. The molecule has 136 valence electrons. The van der Waals surface area contributed by atoms with E-state index in [0.717, 1.165) is 0 Å². The van der Waals surface area contributed by atoms with E-state index < -0.39 is 21.6 Å². The maximum atomic E-state index is 13.3. The second-order valence-corrected chi connectivity index (χ2v) is 9.15. The van der Waals surface area contributed by atoms with Crippen molar-refractivity contribution in [3.05, 3.63) is 29.0 Å². The Balaban J connectivity index is 1.71. The molecular formula is C16H18ClFN2O4S. The average molecular weight is 389 g/mol. The standard InChI is InChI=1S/C16H18ClFN2O4S/c1-19(12-4-5-25(23,24)9-12)16(22)10-6-15(21)20(8-10)11-2-3-14(18)13(17)7-11/h2-3,7,10,12H,4-6,8-9H2,1H3. The summed E-state index contributed by atoms with van der Waals surface area (Å²) in [6.45, 7) is 0.170. The van der Waals surface area contributed by atoms with Gasteiger partial charge < -0.3 is 9.80 Å². The summed E-state index contributed by atoms with van der Waals surface area (Å²) in [5.41, 5.74) is 0.442. The fourth-order valence-electron chi connectivity index (χ4n) is 3.32. The Kier molecular flexibility index (Phi) is 4.76. The van der Waals surface area contributed by atoms with E-state index in [-0.39, 0.29) is 47.4 Å². The summed E-state index contributed by atoms with van der Waals surface area (Å²) < 4.78 is 36.5. The highest BCUT2D eigenvalue weighted by Crippen LogP contribution is 2.30. The molecule has 0 N–H and O–H groups in total. The molecule has 2 heterocycles. The lowest BCUT2D eigenvalue weighted by Gasteiger charge is -2.26. The number of hydrogen-bond donors (Lipinski definition) is 0. The van der Waals surface area contributed by atoms with Crippen LogP contribution in [0.2, 0.25) is 5.02 Å². The summed E-state index contributed by atoms with van der Waals surface area (Å²) in [5, 5.41) is -0.0895. The summed E-state index contributed by atoms with van der Waals surface area (Å²) in [7, 11) is -1.51. The predicted octanol–water partition coefficient (Wildman–Crippen LogP) is 1.48. The Labute approximate surface area is 150 Å². The number of rotatable bonds is 3. The molecule has 0 spiro atoms. The number of carbonyl (C=O) groups is 2. The first-order chi connectivity index (χ1) is 11.7. The van der Waals surface area contributed by atoms with Gasteiger partial charge in [-0.2, -0.15) is 0 Å². The van der Waals surface area contributed by atoms with Gasteiger partial charge in [-0.05, 0) is 24.6 Å². The molecule has 1 aromatic carbocycles. The Bertz CT molecular complexity index is 829. The second-order valence-electron chi connectivity index (χ2n) is 6.51. The van der Waals surface area contributed by atoms with Crippen LogP contribution in [0.4, 0.5) is 10.1 Å². The number of amides is 2. The van der Waals surface area contributed by atoms with Gasteiger partial charge in [0.25, 0.3) is 0 Å². The van der Waals surface area contributed by atoms with Crippen LogP contribution in [0.25, 0.3) is 0 Å². The topological polar surface area (TPSA) is 74.8 Å². The Morgan fingerprint density at radius 3 is 2.72 bits per heavy atom. The zero-order chi connectivity index (χ0) is 18.4. The highest BCUT2D eigenvalue weighted by atomic mass is 35.5. The van der Waals surface area contributed by atoms with Gasteiger partial charge in [0.1, 0.15) is 5.82 Å². The van der Waals surface area contributed by atoms with Gasteiger partial charge >= 0.3 is 0 Å². The Morgan fingerprint density at radius 1 is 1.40 bits per heavy atom. The molecule has 0 aliphatic carbocycles. The molecule has 2 saturated heterocycles. The van der Waals surface area contributed by atoms with Crippen LogP contribution in [0.15, 0.2) is 18.2 Å². The van der Waals surface area contributed by atoms with E-state index in [1.54, 1.807) is 7.05 Å². The van der Waals surface area contributed by atoms with E-state index in [1.165, 1.54) is 28.0 Å². The van der Waals surface area contributed by atoms with Crippen LogP contribution < -0.4 is 4.90 Å². The van der Waals surface area contributed by atoms with Gasteiger partial charge in [0.2, 0.25) is 11.8 Å². The number of hydrogen-bond acceptors (Lipinski definition) is 4. The Morgan fingerprint density at radius 2 is 2.12 bits per heavy atom. The van der Waals surface area contributed by atoms with Crippen LogP contribution >= 0.6 is 11.6 Å². The lowest BCUT2D eigenvalue weighted by molar-refractivity contribution is -0.136. The third-order valence-corrected chi connectivity index (χ3v) is 6.83. The van der Waals surface area contributed by atoms with Crippen LogP contribution in [0.3, 0.4) is 0 Å². The van der Waals surface area contributed by atoms with Crippen LogP contribution in [0.1, 0.15) is 12.8 Å². The number of anilines is 1. The van der Waals surface area contributed by atoms with Gasteiger partial charge in [-0.3, -0.25) is 9.59 Å². The van der Waals surface area contributed by atoms with Crippen molar-refractivity contribution < 1.29 is 22.4 Å². The smallest absolute Gasteiger partial charge is 0.228 e. The summed E-state index contributed by atoms with van der Waals surface area (Å²) in [4.78, 5) is 27.8. The number of halogens is 2. The lowest BCUT2D eigenvalue weighted by Crippen LogP contribution is -2.42. The second kappa shape index (κ2) is 6.57. The molecular weight excluding hydrogens is 371 g/mol. The first-order valence-electron chi connectivity index (χ1n) is 7.90. The monoisotopic (exact) mass is 388 g/mol. The molecule has 2 fully saturated rings. The highest BCUT2D eigenvalue weighted by Gasteiger charge is 2.40. The number of nitrogens with zero attached hydrogens (tertiary/aromatic N) is 2. The molecule has 2 aliphatic rings. The van der Waals surface area contributed by atoms with E-state index in [9.17, 15) is 22.4 Å². The summed E-state index contributed by atoms with van der Waals surface area (Å²) >= 11 is 5.76. The fraction of sp³-hybridized carbons (Fsp3) is 0.500. The van der Waals surface area contributed by atoms with Gasteiger partial charge in [-0.15, -0.1) is 0 Å². The molecule has 9 heteroatoms. The molecule has 1 aromatic rings. The minimum absolute atomic E-state index is 0.0345. The van der Waals surface area contributed by atoms with Crippen molar-refractivity contribution in [3.63, 3.8) is 0 Å². The van der Waals surface area contributed by atoms with Gasteiger partial charge in [-0.1, -0.05) is 11.6 Å². The van der Waals surface area contributed by atoms with Crippen molar-refractivity contribution in [1.29, 1.82) is 0 Å². The van der Waals surface area contributed by atoms with Crippen LogP contribution in [-0.4, -0.2) is 56.3 Å². The first kappa shape index (κ1) is 18.1. The van der Waals surface area contributed by atoms with Crippen molar-refractivity contribution in [2.45, 2.75) is 18.9 Å². The number of carbonyl (C=O) groups excluding carboxylic acids is 2. The lowest BCUT2D eigenvalue weighted by atomic mass is 10.1. The molecule has 3 rings (SSSR count). The van der Waals surface area contributed by atoms with Gasteiger partial charge in [-0.25, -0.2) is 12.8 Å². The van der Waals surface area contributed by atoms with Gasteiger partial charge in [0.05, 0.1) is 22.4 Å². The maximum absolute atomic E-state index is 13.3. The summed E-state index contributed by atoms with van der Waals surface area (Å²) in [6, 6.07) is 3.63. The van der Waals surface area contributed by atoms with Crippen LogP contribution in [-0.2, 0) is 19.4 Å². The molecule has 2 aliphatic heterocycles. The fourth-order valence-corrected chi connectivity index (χ4v) is 5.27. The number of sulfone groups is 1. The first-order valence-corrected chi connectivity index (χ1v) is 10.1. The molecule has 2 amide bonds. The molecule has 0 bridgehead atoms. The Hall–Kier alpha value is -1.67. The summed E-state index contributed by atoms with van der Waals surface area (Å²) in [5.74, 6) is -1.57. The average Bonchev–Trinajstić information content (AvgIpc) is 3.11. The molecule has 2 unspecified atom stereocenters. The minimum atomic E-state index is -3.09. The van der Waals surface area contributed by atoms with Gasteiger partial charge in [0, 0.05) is 31.7 Å². The SMILES string of the molecule is CN(C(=O)C1CC(=O)N(c2ccc(F)c(Cl)c2)C1)C1CCS(=O)(=O)C1. The zero-order valence-corrected chi connectivity index (χ0v) is 15.2. The van der Waals surface area contributed by atoms with E-state index >= 15 is 0 Å². The van der Waals surface area contributed by atoms with E-state index in [4.69, 9.17) is 11.6 Å². The van der Waals surface area contributed by atoms with Crippen molar-refractivity contribution in [1.82, 2.24) is 4.90 Å². The molecule has 6 nitrogen and oxygen atoms in total. The number of benzene rings is 1. The van der Waals surface area contributed by atoms with E-state index in [1.807, 2.05) is 0 Å². The predicted molar refractivity (Wildman–Crippen MR) is 91.7 cm³/mol. The van der Waals surface area contributed by atoms with E-state index in [2.05, 4.69) is 0 Å². The van der Waals surface area contributed by atoms with Gasteiger partial charge in [0.15, 0.2) is 9.84 Å². The molecule has 0 radical (unpaired) electrons. The van der Waals surface area contributed by atoms with E-state index in [0.29, 0.717) is 12.1 Å². The molecule has 2 atom stereocenters. The largest absolute Gasteiger partial charge is 0.341 e. The van der Waals surface area contributed by atoms with Crippen molar-refractivity contribution >= 4 is 38.9 Å². The molecule has 0 saturated carbocycles. The van der Waals surface area contributed by atoms with Crippen LogP contribution in [0, 0.1) is 11.7 Å².